The van der Waals surface area contributed by atoms with E-state index in [1.54, 1.807) is 0 Å². The van der Waals surface area contributed by atoms with Gasteiger partial charge in [-0.3, -0.25) is 0 Å². The Labute approximate surface area is 209 Å². The lowest BCUT2D eigenvalue weighted by atomic mass is 10.0. The molecule has 5 nitrogen and oxygen atoms in total. The van der Waals surface area contributed by atoms with Crippen LogP contribution in [0.3, 0.4) is 0 Å². The Morgan fingerprint density at radius 3 is 1.74 bits per heavy atom. The predicted molar refractivity (Wildman–Crippen MR) is 141 cm³/mol. The molecule has 0 aliphatic carbocycles. The molecular formula is C29H52O5. The van der Waals surface area contributed by atoms with E-state index in [0.717, 1.165) is 25.9 Å². The zero-order valence-electron chi connectivity index (χ0n) is 22.0. The molecular weight excluding hydrogens is 428 g/mol. The van der Waals surface area contributed by atoms with E-state index in [0.29, 0.717) is 13.0 Å². The number of ether oxygens (including phenoxy) is 2. The summed E-state index contributed by atoms with van der Waals surface area (Å²) in [6.45, 7) is 10.4. The van der Waals surface area contributed by atoms with Crippen LogP contribution in [0.15, 0.2) is 24.8 Å². The molecule has 0 aromatic rings. The fraction of sp³-hybridized carbons (Fsp3) is 0.793. The third-order valence-electron chi connectivity index (χ3n) is 6.21. The average molecular weight is 481 g/mol. The molecule has 0 saturated carbocycles. The lowest BCUT2D eigenvalue weighted by Crippen LogP contribution is -2.10. The Hall–Kier alpha value is -1.62. The van der Waals surface area contributed by atoms with E-state index in [1.807, 2.05) is 0 Å². The van der Waals surface area contributed by atoms with Crippen molar-refractivity contribution in [3.05, 3.63) is 24.8 Å². The molecule has 0 aromatic carbocycles. The molecule has 0 bridgehead atoms. The Morgan fingerprint density at radius 1 is 0.882 bits per heavy atom. The van der Waals surface area contributed by atoms with Crippen LogP contribution in [-0.2, 0) is 19.1 Å². The van der Waals surface area contributed by atoms with Gasteiger partial charge in [0.2, 0.25) is 0 Å². The summed E-state index contributed by atoms with van der Waals surface area (Å²) in [5.74, 6) is -1.22. The van der Waals surface area contributed by atoms with Crippen molar-refractivity contribution in [3.63, 3.8) is 0 Å². The summed E-state index contributed by atoms with van der Waals surface area (Å²) in [5.41, 5.74) is 0.247. The van der Waals surface area contributed by atoms with Crippen LogP contribution in [0.25, 0.3) is 0 Å². The summed E-state index contributed by atoms with van der Waals surface area (Å²) < 4.78 is 10.2. The molecule has 34 heavy (non-hydrogen) atoms. The van der Waals surface area contributed by atoms with Crippen LogP contribution in [0.4, 0.5) is 0 Å². The third kappa shape index (κ3) is 22.2. The fourth-order valence-electron chi connectivity index (χ4n) is 4.05. The van der Waals surface area contributed by atoms with Gasteiger partial charge < -0.3 is 14.6 Å². The van der Waals surface area contributed by atoms with Crippen LogP contribution in [0.5, 0.6) is 0 Å². The minimum Gasteiger partial charge on any atom is -0.478 e. The number of aliphatic carboxylic acids is 1. The van der Waals surface area contributed by atoms with Crippen molar-refractivity contribution in [2.24, 2.45) is 0 Å². The van der Waals surface area contributed by atoms with E-state index in [-0.39, 0.29) is 17.6 Å². The quantitative estimate of drug-likeness (QED) is 0.102. The van der Waals surface area contributed by atoms with E-state index < -0.39 is 5.97 Å². The molecule has 0 aromatic heterocycles. The maximum atomic E-state index is 10.8. The molecule has 1 atom stereocenters. The van der Waals surface area contributed by atoms with Crippen LogP contribution in [-0.4, -0.2) is 36.4 Å². The molecule has 1 N–H and O–H groups in total. The molecule has 1 heterocycles. The Balaban J connectivity index is 0.000000818. The van der Waals surface area contributed by atoms with Crippen LogP contribution < -0.4 is 0 Å². The highest BCUT2D eigenvalue weighted by Gasteiger charge is 2.18. The lowest BCUT2D eigenvalue weighted by molar-refractivity contribution is -0.138. The maximum absolute atomic E-state index is 10.8. The van der Waals surface area contributed by atoms with Crippen molar-refractivity contribution < 1.29 is 24.2 Å². The molecule has 198 valence electrons. The molecule has 1 aliphatic heterocycles. The van der Waals surface area contributed by atoms with Gasteiger partial charge in [0.1, 0.15) is 0 Å². The number of carboxylic acid groups (broad SMARTS) is 1. The summed E-state index contributed by atoms with van der Waals surface area (Å²) >= 11 is 0. The lowest BCUT2D eigenvalue weighted by Gasteiger charge is -2.07. The Kier molecular flexibility index (Phi) is 23.3. The first-order valence-corrected chi connectivity index (χ1v) is 13.8. The van der Waals surface area contributed by atoms with E-state index in [1.165, 1.54) is 102 Å². The molecule has 1 unspecified atom stereocenters. The first kappa shape index (κ1) is 32.4. The van der Waals surface area contributed by atoms with Crippen LogP contribution in [0, 0.1) is 0 Å². The Bertz CT molecular complexity index is 523. The van der Waals surface area contributed by atoms with Gasteiger partial charge in [-0.15, -0.1) is 0 Å². The number of hydrogen-bond acceptors (Lipinski definition) is 4. The molecule has 1 fully saturated rings. The SMILES string of the molecule is C=C(CC1CCCO1)C(=O)O.C=CC(=O)OCCCCCCCCCCCCCCCCCC. The second kappa shape index (κ2) is 24.5. The summed E-state index contributed by atoms with van der Waals surface area (Å²) in [6, 6.07) is 0. The van der Waals surface area contributed by atoms with Gasteiger partial charge in [0, 0.05) is 24.7 Å². The van der Waals surface area contributed by atoms with Crippen molar-refractivity contribution in [1.82, 2.24) is 0 Å². The van der Waals surface area contributed by atoms with Crippen molar-refractivity contribution in [2.45, 2.75) is 135 Å². The summed E-state index contributed by atoms with van der Waals surface area (Å²) in [6.07, 6.45) is 25.5. The molecule has 0 spiro atoms. The van der Waals surface area contributed by atoms with Gasteiger partial charge in [-0.25, -0.2) is 9.59 Å². The standard InChI is InChI=1S/C21H40O2.C8H12O3/c1-3-5-6-7-8-9-10-11-12-13-14-15-16-17-18-19-20-23-21(22)4-2;1-6(8(9)10)5-7-3-2-4-11-7/h4H,2-3,5-20H2,1H3;7H,1-5H2,(H,9,10). The van der Waals surface area contributed by atoms with E-state index in [9.17, 15) is 9.59 Å². The van der Waals surface area contributed by atoms with E-state index in [2.05, 4.69) is 20.1 Å². The number of esters is 1. The summed E-state index contributed by atoms with van der Waals surface area (Å²) in [4.78, 5) is 21.2. The summed E-state index contributed by atoms with van der Waals surface area (Å²) in [7, 11) is 0. The number of carbonyl (C=O) groups excluding carboxylic acids is 1. The van der Waals surface area contributed by atoms with Crippen LogP contribution in [0.1, 0.15) is 129 Å². The highest BCUT2D eigenvalue weighted by molar-refractivity contribution is 5.85. The molecule has 0 radical (unpaired) electrons. The second-order valence-electron chi connectivity index (χ2n) is 9.42. The minimum atomic E-state index is -0.916. The van der Waals surface area contributed by atoms with Crippen LogP contribution in [0.2, 0.25) is 0 Å². The van der Waals surface area contributed by atoms with Gasteiger partial charge in [0.25, 0.3) is 0 Å². The van der Waals surface area contributed by atoms with Crippen molar-refractivity contribution >= 4 is 11.9 Å². The fourth-order valence-corrected chi connectivity index (χ4v) is 4.05. The van der Waals surface area contributed by atoms with Gasteiger partial charge in [0.05, 0.1) is 12.7 Å². The number of unbranched alkanes of at least 4 members (excludes halogenated alkanes) is 15. The number of hydrogen-bond donors (Lipinski definition) is 1. The molecule has 1 aliphatic rings. The largest absolute Gasteiger partial charge is 0.478 e. The minimum absolute atomic E-state index is 0.0959. The van der Waals surface area contributed by atoms with Gasteiger partial charge >= 0.3 is 11.9 Å². The number of rotatable bonds is 21. The highest BCUT2D eigenvalue weighted by Crippen LogP contribution is 2.18. The third-order valence-corrected chi connectivity index (χ3v) is 6.21. The van der Waals surface area contributed by atoms with Gasteiger partial charge in [-0.1, -0.05) is 116 Å². The van der Waals surface area contributed by atoms with Crippen molar-refractivity contribution in [3.8, 4) is 0 Å². The van der Waals surface area contributed by atoms with Gasteiger partial charge in [-0.05, 0) is 19.3 Å². The predicted octanol–water partition coefficient (Wildman–Crippen LogP) is 8.17. The topological polar surface area (TPSA) is 72.8 Å². The molecule has 0 amide bonds. The van der Waals surface area contributed by atoms with E-state index >= 15 is 0 Å². The van der Waals surface area contributed by atoms with E-state index in [4.69, 9.17) is 14.6 Å². The first-order chi connectivity index (χ1) is 16.5. The van der Waals surface area contributed by atoms with Gasteiger partial charge in [0.15, 0.2) is 0 Å². The van der Waals surface area contributed by atoms with Crippen LogP contribution >= 0.6 is 0 Å². The zero-order chi connectivity index (χ0) is 25.3. The maximum Gasteiger partial charge on any atom is 0.331 e. The van der Waals surface area contributed by atoms with Crippen molar-refractivity contribution in [1.29, 1.82) is 0 Å². The molecule has 1 saturated heterocycles. The summed E-state index contributed by atoms with van der Waals surface area (Å²) in [5, 5.41) is 8.49. The first-order valence-electron chi connectivity index (χ1n) is 13.8. The normalized spacial score (nSPS) is 14.8. The molecule has 1 rings (SSSR count). The average Bonchev–Trinajstić information content (AvgIpc) is 3.34. The highest BCUT2D eigenvalue weighted by atomic mass is 16.5. The zero-order valence-corrected chi connectivity index (χ0v) is 22.0. The van der Waals surface area contributed by atoms with Crippen molar-refractivity contribution in [2.75, 3.05) is 13.2 Å². The monoisotopic (exact) mass is 480 g/mol. The van der Waals surface area contributed by atoms with Gasteiger partial charge in [-0.2, -0.15) is 0 Å². The molecule has 5 heteroatoms. The second-order valence-corrected chi connectivity index (χ2v) is 9.42. The Morgan fingerprint density at radius 2 is 1.35 bits per heavy atom. The number of carboxylic acids is 1. The number of carbonyl (C=O) groups is 2. The smallest absolute Gasteiger partial charge is 0.331 e.